The van der Waals surface area contributed by atoms with E-state index in [9.17, 15) is 4.79 Å². The standard InChI is InChI=1S/C23H27N5O/c1-16-12-17-6-3-4-7-20(17)28(16)15-22(29)27-10-5-8-21(27)23-24-13-18-14-26(2)11-9-19(18)25-23/h3-4,6-7,12-13,21H,5,8-11,14-15H2,1-2H3. The number of aryl methyl sites for hydroxylation is 1. The first-order valence-electron chi connectivity index (χ1n) is 10.5. The summed E-state index contributed by atoms with van der Waals surface area (Å²) in [4.78, 5) is 27.1. The van der Waals surface area contributed by atoms with E-state index in [2.05, 4.69) is 46.6 Å². The number of hydrogen-bond donors (Lipinski definition) is 0. The van der Waals surface area contributed by atoms with Crippen molar-refractivity contribution >= 4 is 16.8 Å². The Labute approximate surface area is 171 Å². The molecule has 1 fully saturated rings. The molecular formula is C23H27N5O. The molecule has 4 heterocycles. The van der Waals surface area contributed by atoms with Crippen LogP contribution in [0.5, 0.6) is 0 Å². The number of para-hydroxylation sites is 1. The van der Waals surface area contributed by atoms with Gasteiger partial charge in [0.25, 0.3) is 0 Å². The highest BCUT2D eigenvalue weighted by atomic mass is 16.2. The van der Waals surface area contributed by atoms with E-state index >= 15 is 0 Å². The van der Waals surface area contributed by atoms with Gasteiger partial charge in [0.1, 0.15) is 6.54 Å². The maximum absolute atomic E-state index is 13.3. The lowest BCUT2D eigenvalue weighted by Gasteiger charge is -2.27. The number of nitrogens with zero attached hydrogens (tertiary/aromatic N) is 5. The van der Waals surface area contributed by atoms with E-state index in [0.717, 1.165) is 61.6 Å². The maximum atomic E-state index is 13.3. The first kappa shape index (κ1) is 18.3. The quantitative estimate of drug-likeness (QED) is 0.691. The lowest BCUT2D eigenvalue weighted by molar-refractivity contribution is -0.132. The molecule has 5 rings (SSSR count). The predicted octanol–water partition coefficient (Wildman–Crippen LogP) is 3.09. The van der Waals surface area contributed by atoms with Crippen LogP contribution in [0.3, 0.4) is 0 Å². The third-order valence-electron chi connectivity index (χ3n) is 6.33. The molecule has 3 aromatic rings. The second-order valence-corrected chi connectivity index (χ2v) is 8.36. The van der Waals surface area contributed by atoms with Gasteiger partial charge in [-0.05, 0) is 44.3 Å². The first-order valence-corrected chi connectivity index (χ1v) is 10.5. The number of aromatic nitrogens is 3. The van der Waals surface area contributed by atoms with Gasteiger partial charge in [-0.1, -0.05) is 18.2 Å². The summed E-state index contributed by atoms with van der Waals surface area (Å²) in [6, 6.07) is 10.4. The fourth-order valence-corrected chi connectivity index (χ4v) is 4.75. The van der Waals surface area contributed by atoms with E-state index in [1.165, 1.54) is 10.9 Å². The fraction of sp³-hybridized carbons (Fsp3) is 0.435. The first-order chi connectivity index (χ1) is 14.1. The molecule has 0 bridgehead atoms. The molecule has 2 aromatic heterocycles. The van der Waals surface area contributed by atoms with Crippen LogP contribution in [-0.2, 0) is 24.3 Å². The number of carbonyl (C=O) groups is 1. The van der Waals surface area contributed by atoms with Gasteiger partial charge in [0.05, 0.1) is 6.04 Å². The van der Waals surface area contributed by atoms with Crippen LogP contribution < -0.4 is 0 Å². The molecule has 29 heavy (non-hydrogen) atoms. The van der Waals surface area contributed by atoms with E-state index in [4.69, 9.17) is 4.98 Å². The summed E-state index contributed by atoms with van der Waals surface area (Å²) in [6.07, 6.45) is 4.87. The zero-order chi connectivity index (χ0) is 20.0. The highest BCUT2D eigenvalue weighted by Gasteiger charge is 2.33. The van der Waals surface area contributed by atoms with Crippen molar-refractivity contribution in [3.63, 3.8) is 0 Å². The molecule has 0 radical (unpaired) electrons. The minimum Gasteiger partial charge on any atom is -0.335 e. The number of likely N-dealkylation sites (tertiary alicyclic amines) is 1. The molecule has 1 atom stereocenters. The molecule has 6 heteroatoms. The van der Waals surface area contributed by atoms with E-state index in [-0.39, 0.29) is 11.9 Å². The van der Waals surface area contributed by atoms with Gasteiger partial charge in [0.15, 0.2) is 5.82 Å². The average Bonchev–Trinajstić information content (AvgIpc) is 3.33. The van der Waals surface area contributed by atoms with Crippen molar-refractivity contribution < 1.29 is 4.79 Å². The molecule has 0 N–H and O–H groups in total. The van der Waals surface area contributed by atoms with Crippen LogP contribution in [0, 0.1) is 6.92 Å². The molecule has 0 spiro atoms. The van der Waals surface area contributed by atoms with Gasteiger partial charge in [-0.25, -0.2) is 9.97 Å². The monoisotopic (exact) mass is 389 g/mol. The smallest absolute Gasteiger partial charge is 0.243 e. The van der Waals surface area contributed by atoms with Gasteiger partial charge in [-0.15, -0.1) is 0 Å². The number of benzene rings is 1. The number of amides is 1. The van der Waals surface area contributed by atoms with Crippen LogP contribution in [0.2, 0.25) is 0 Å². The molecule has 1 amide bonds. The molecule has 1 saturated heterocycles. The highest BCUT2D eigenvalue weighted by molar-refractivity contribution is 5.84. The summed E-state index contributed by atoms with van der Waals surface area (Å²) >= 11 is 0. The maximum Gasteiger partial charge on any atom is 0.243 e. The van der Waals surface area contributed by atoms with Crippen LogP contribution in [-0.4, -0.2) is 50.4 Å². The van der Waals surface area contributed by atoms with Crippen LogP contribution in [0.1, 0.15) is 41.7 Å². The second kappa shape index (κ2) is 7.26. The van der Waals surface area contributed by atoms with Crippen LogP contribution >= 0.6 is 0 Å². The van der Waals surface area contributed by atoms with E-state index in [1.54, 1.807) is 0 Å². The fourth-order valence-electron chi connectivity index (χ4n) is 4.75. The number of hydrogen-bond acceptors (Lipinski definition) is 4. The van der Waals surface area contributed by atoms with Crippen molar-refractivity contribution in [2.24, 2.45) is 0 Å². The van der Waals surface area contributed by atoms with Gasteiger partial charge in [0, 0.05) is 54.7 Å². The number of carbonyl (C=O) groups excluding carboxylic acids is 1. The van der Waals surface area contributed by atoms with Gasteiger partial charge in [-0.3, -0.25) is 4.79 Å². The molecule has 1 aromatic carbocycles. The molecule has 0 saturated carbocycles. The van der Waals surface area contributed by atoms with Gasteiger partial charge >= 0.3 is 0 Å². The number of fused-ring (bicyclic) bond motifs is 2. The van der Waals surface area contributed by atoms with Gasteiger partial charge < -0.3 is 14.4 Å². The van der Waals surface area contributed by atoms with Gasteiger partial charge in [-0.2, -0.15) is 0 Å². The average molecular weight is 390 g/mol. The van der Waals surface area contributed by atoms with Crippen molar-refractivity contribution in [2.75, 3.05) is 20.1 Å². The van der Waals surface area contributed by atoms with Crippen molar-refractivity contribution in [1.82, 2.24) is 24.3 Å². The van der Waals surface area contributed by atoms with Crippen LogP contribution in [0.4, 0.5) is 0 Å². The van der Waals surface area contributed by atoms with Crippen LogP contribution in [0.15, 0.2) is 36.5 Å². The Bertz CT molecular complexity index is 1070. The van der Waals surface area contributed by atoms with Crippen molar-refractivity contribution in [3.8, 4) is 0 Å². The molecule has 2 aliphatic heterocycles. The topological polar surface area (TPSA) is 54.3 Å². The summed E-state index contributed by atoms with van der Waals surface area (Å²) in [6.45, 7) is 5.15. The SMILES string of the molecule is Cc1cc2ccccc2n1CC(=O)N1CCCC1c1ncc2c(n1)CCN(C)C2. The Kier molecular flexibility index (Phi) is 4.59. The van der Waals surface area contributed by atoms with Crippen molar-refractivity contribution in [2.45, 2.75) is 45.3 Å². The van der Waals surface area contributed by atoms with Crippen molar-refractivity contribution in [1.29, 1.82) is 0 Å². The second-order valence-electron chi connectivity index (χ2n) is 8.36. The Balaban J connectivity index is 1.39. The summed E-state index contributed by atoms with van der Waals surface area (Å²) in [5, 5.41) is 1.18. The molecular weight excluding hydrogens is 362 g/mol. The minimum absolute atomic E-state index is 0.00501. The summed E-state index contributed by atoms with van der Waals surface area (Å²) in [5.74, 6) is 0.964. The van der Waals surface area contributed by atoms with Crippen molar-refractivity contribution in [3.05, 3.63) is 59.3 Å². The Morgan fingerprint density at radius 2 is 2.10 bits per heavy atom. The molecule has 0 aliphatic carbocycles. The third-order valence-corrected chi connectivity index (χ3v) is 6.33. The Hall–Kier alpha value is -2.73. The Morgan fingerprint density at radius 1 is 1.24 bits per heavy atom. The lowest BCUT2D eigenvalue weighted by atomic mass is 10.1. The summed E-state index contributed by atoms with van der Waals surface area (Å²) < 4.78 is 2.12. The molecule has 150 valence electrons. The summed E-state index contributed by atoms with van der Waals surface area (Å²) in [7, 11) is 2.13. The zero-order valence-corrected chi connectivity index (χ0v) is 17.1. The molecule has 1 unspecified atom stereocenters. The van der Waals surface area contributed by atoms with E-state index in [1.807, 2.05) is 23.2 Å². The molecule has 6 nitrogen and oxygen atoms in total. The zero-order valence-electron chi connectivity index (χ0n) is 17.1. The van der Waals surface area contributed by atoms with E-state index in [0.29, 0.717) is 6.54 Å². The molecule has 2 aliphatic rings. The van der Waals surface area contributed by atoms with Crippen LogP contribution in [0.25, 0.3) is 10.9 Å². The predicted molar refractivity (Wildman–Crippen MR) is 112 cm³/mol. The number of likely N-dealkylation sites (N-methyl/N-ethyl adjacent to an activating group) is 1. The third kappa shape index (κ3) is 3.31. The van der Waals surface area contributed by atoms with Gasteiger partial charge in [0.2, 0.25) is 5.91 Å². The Morgan fingerprint density at radius 3 is 3.00 bits per heavy atom. The summed E-state index contributed by atoms with van der Waals surface area (Å²) in [5.41, 5.74) is 4.60. The van der Waals surface area contributed by atoms with E-state index < -0.39 is 0 Å². The largest absolute Gasteiger partial charge is 0.335 e. The minimum atomic E-state index is -0.00501. The normalized spacial score (nSPS) is 19.7. The number of rotatable bonds is 3. The highest BCUT2D eigenvalue weighted by Crippen LogP contribution is 2.31. The lowest BCUT2D eigenvalue weighted by Crippen LogP contribution is -2.35.